The summed E-state index contributed by atoms with van der Waals surface area (Å²) in [7, 11) is 0. The summed E-state index contributed by atoms with van der Waals surface area (Å²) in [6, 6.07) is 66.7. The number of nitriles is 1. The number of nitrogens with zero attached hydrogens (tertiary/aromatic N) is 1. The standard InChI is InChI=1S/C21H23F2NO2.C21H22N2O2.C20H22ClNO2.C19H21NO2.C17H19NO2S/c1-3-12(2)13-4-7-18-16(10-13)20-21(26-9-8-25-20)19(24-18)15-6-5-14(22)11-17(15)23;1-13(2)15-6-7-18-17(11-15)20-21(25-9-8-24-20)19(23-18)16-5-3-4-14(10-16)12-22;1-12(2)13-7-8-17-15(11-13)19-20(24-10-9-23-19)18(22-17)14-5-3-4-6-16(14)21;1-12(2)14-8-9-16-15(10-14)18-19(22-11-21-18)17(20-16)13-6-4-3-5-7-13;1-10(2)11-3-4-14-13(7-11)16-17(20-9-19-16)15(18-14)12-5-6-21-8-12/h4-7,10-12,19-21,24H,3,8-9H2,1-2H3;3-7,10-11,13,19-21,23H,8-9H2,1-2H3;3-8,11-12,18-20,22H,9-10H2,1-2H3;3-10,12,17-20H,11H2,1-2H3;3-8,10,15-18H,9H2,1-2H3. The lowest BCUT2D eigenvalue weighted by Crippen LogP contribution is -2.43. The molecule has 11 heterocycles. The molecule has 0 aliphatic carbocycles. The largest absolute Gasteiger partial charge is 0.375 e. The van der Waals surface area contributed by atoms with Crippen LogP contribution in [-0.2, 0) is 47.4 Å². The highest BCUT2D eigenvalue weighted by atomic mass is 35.5. The van der Waals surface area contributed by atoms with Gasteiger partial charge in [-0.2, -0.15) is 16.6 Å². The van der Waals surface area contributed by atoms with Gasteiger partial charge in [0.2, 0.25) is 0 Å². The monoisotopic (exact) mass is 1630 g/mol. The smallest absolute Gasteiger partial charge is 0.148 e. The third-order valence-corrected chi connectivity index (χ3v) is 25.6. The molecular formula is C98H107ClF2N6O10S. The van der Waals surface area contributed by atoms with Gasteiger partial charge in [-0.05, 0) is 158 Å². The average molecular weight is 1630 g/mol. The van der Waals surface area contributed by atoms with E-state index in [1.54, 1.807) is 11.3 Å². The Morgan fingerprint density at radius 1 is 0.373 bits per heavy atom. The van der Waals surface area contributed by atoms with Gasteiger partial charge in [0.15, 0.2) is 0 Å². The third kappa shape index (κ3) is 17.5. The first-order chi connectivity index (χ1) is 57.4. The fraction of sp³-hybridized carbons (Fsp3) is 0.398. The van der Waals surface area contributed by atoms with Gasteiger partial charge < -0.3 is 74.0 Å². The second-order valence-electron chi connectivity index (χ2n) is 33.2. The molecule has 20 heteroatoms. The van der Waals surface area contributed by atoms with Crippen molar-refractivity contribution in [1.82, 2.24) is 0 Å². The van der Waals surface area contributed by atoms with E-state index in [4.69, 9.17) is 59.0 Å². The van der Waals surface area contributed by atoms with Crippen LogP contribution in [-0.4, -0.2) is 83.7 Å². The minimum absolute atomic E-state index is 0.0126. The number of benzene rings is 9. The van der Waals surface area contributed by atoms with Crippen molar-refractivity contribution in [3.05, 3.63) is 311 Å². The molecule has 0 spiro atoms. The summed E-state index contributed by atoms with van der Waals surface area (Å²) in [5.74, 6) is 1.28. The number of ether oxygens (including phenoxy) is 10. The Morgan fingerprint density at radius 2 is 0.763 bits per heavy atom. The first-order valence-corrected chi connectivity index (χ1v) is 43.1. The van der Waals surface area contributed by atoms with Gasteiger partial charge in [0.05, 0.1) is 81.5 Å². The Hall–Kier alpha value is -9.08. The Morgan fingerprint density at radius 3 is 1.20 bits per heavy atom. The van der Waals surface area contributed by atoms with Gasteiger partial charge in [-0.3, -0.25) is 0 Å². The molecule has 118 heavy (non-hydrogen) atoms. The predicted octanol–water partition coefficient (Wildman–Crippen LogP) is 23.3. The van der Waals surface area contributed by atoms with E-state index in [9.17, 15) is 14.0 Å². The van der Waals surface area contributed by atoms with E-state index in [1.165, 1.54) is 79.0 Å². The van der Waals surface area contributed by atoms with Crippen molar-refractivity contribution in [2.24, 2.45) is 0 Å². The van der Waals surface area contributed by atoms with Crippen LogP contribution in [0.3, 0.4) is 0 Å². The normalized spacial score (nSPS) is 25.9. The molecule has 16 nitrogen and oxygen atoms in total. The van der Waals surface area contributed by atoms with E-state index in [2.05, 4.69) is 234 Å². The summed E-state index contributed by atoms with van der Waals surface area (Å²) in [5, 5.41) is 32.2. The summed E-state index contributed by atoms with van der Waals surface area (Å²) in [5.41, 5.74) is 23.5. The second kappa shape index (κ2) is 36.9. The van der Waals surface area contributed by atoms with E-state index in [0.717, 1.165) is 56.9 Å². The van der Waals surface area contributed by atoms with Crippen molar-refractivity contribution < 1.29 is 56.1 Å². The molecule has 0 amide bonds. The van der Waals surface area contributed by atoms with Gasteiger partial charge in [0.25, 0.3) is 0 Å². The number of hydrogen-bond donors (Lipinski definition) is 5. The number of anilines is 5. The van der Waals surface area contributed by atoms with Crippen molar-refractivity contribution in [3.63, 3.8) is 0 Å². The Kier molecular flexibility index (Phi) is 25.8. The highest BCUT2D eigenvalue weighted by Gasteiger charge is 2.48. The molecule has 5 fully saturated rings. The topological polar surface area (TPSA) is 176 Å². The zero-order valence-electron chi connectivity index (χ0n) is 68.6. The highest BCUT2D eigenvalue weighted by molar-refractivity contribution is 7.08. The van der Waals surface area contributed by atoms with Crippen LogP contribution in [0.5, 0.6) is 0 Å². The highest BCUT2D eigenvalue weighted by Crippen LogP contribution is 2.52. The van der Waals surface area contributed by atoms with Crippen LogP contribution in [0, 0.1) is 23.0 Å². The lowest BCUT2D eigenvalue weighted by atomic mass is 9.85. The van der Waals surface area contributed by atoms with Crippen LogP contribution < -0.4 is 26.6 Å². The summed E-state index contributed by atoms with van der Waals surface area (Å²) in [6.07, 6.45) is 0.237. The van der Waals surface area contributed by atoms with Crippen molar-refractivity contribution in [2.75, 3.05) is 79.8 Å². The summed E-state index contributed by atoms with van der Waals surface area (Å²) in [6.45, 7) is 26.2. The van der Waals surface area contributed by atoms with Crippen LogP contribution in [0.2, 0.25) is 5.02 Å². The molecule has 5 saturated heterocycles. The molecule has 16 atom stereocenters. The number of halogens is 3. The van der Waals surface area contributed by atoms with Crippen molar-refractivity contribution in [3.8, 4) is 6.07 Å². The second-order valence-corrected chi connectivity index (χ2v) is 34.4. The molecule has 5 N–H and O–H groups in total. The maximum atomic E-state index is 14.4. The van der Waals surface area contributed by atoms with Crippen LogP contribution in [0.1, 0.15) is 255 Å². The molecule has 10 aliphatic rings. The molecule has 20 rings (SSSR count). The quantitative estimate of drug-likeness (QED) is 0.0826. The predicted molar refractivity (Wildman–Crippen MR) is 461 cm³/mol. The molecule has 0 bridgehead atoms. The van der Waals surface area contributed by atoms with Crippen LogP contribution >= 0.6 is 22.9 Å². The fourth-order valence-electron chi connectivity index (χ4n) is 17.8. The van der Waals surface area contributed by atoms with Gasteiger partial charge >= 0.3 is 0 Å². The summed E-state index contributed by atoms with van der Waals surface area (Å²) in [4.78, 5) is 0. The molecular weight excluding hydrogens is 1530 g/mol. The van der Waals surface area contributed by atoms with Crippen molar-refractivity contribution >= 4 is 51.4 Å². The van der Waals surface area contributed by atoms with Crippen LogP contribution in [0.4, 0.5) is 37.2 Å². The molecule has 0 radical (unpaired) electrons. The van der Waals surface area contributed by atoms with E-state index in [0.29, 0.717) is 93.9 Å². The molecule has 10 aliphatic heterocycles. The maximum Gasteiger partial charge on any atom is 0.148 e. The summed E-state index contributed by atoms with van der Waals surface area (Å²) >= 11 is 8.16. The Balaban J connectivity index is 0.000000110. The molecule has 1 aromatic heterocycles. The van der Waals surface area contributed by atoms with E-state index < -0.39 is 17.7 Å². The number of rotatable bonds is 11. The van der Waals surface area contributed by atoms with Gasteiger partial charge in [-0.15, -0.1) is 0 Å². The Labute approximate surface area is 701 Å². The summed E-state index contributed by atoms with van der Waals surface area (Å²) < 4.78 is 87.8. The zero-order chi connectivity index (χ0) is 81.8. The number of hydrogen-bond acceptors (Lipinski definition) is 17. The zero-order valence-corrected chi connectivity index (χ0v) is 70.2. The third-order valence-electron chi connectivity index (χ3n) is 24.5. The van der Waals surface area contributed by atoms with Gasteiger partial charge in [-0.1, -0.05) is 208 Å². The lowest BCUT2D eigenvalue weighted by Gasteiger charge is -2.43. The van der Waals surface area contributed by atoms with Gasteiger partial charge in [0.1, 0.15) is 86.3 Å². The first-order valence-electron chi connectivity index (χ1n) is 41.8. The molecule has 0 saturated carbocycles. The number of thiophene rings is 1. The maximum absolute atomic E-state index is 14.4. The Bertz CT molecular complexity index is 5170. The molecule has 10 aromatic rings. The fourth-order valence-corrected chi connectivity index (χ4v) is 18.7. The number of fused-ring (bicyclic) bond motifs is 15. The van der Waals surface area contributed by atoms with Gasteiger partial charge in [-0.25, -0.2) is 8.78 Å². The van der Waals surface area contributed by atoms with E-state index in [1.807, 2.05) is 54.6 Å². The average Bonchev–Trinajstić information content (AvgIpc) is 0.900. The van der Waals surface area contributed by atoms with Crippen molar-refractivity contribution in [1.29, 1.82) is 5.26 Å². The van der Waals surface area contributed by atoms with Crippen LogP contribution in [0.15, 0.2) is 205 Å². The molecule has 9 aromatic carbocycles. The van der Waals surface area contributed by atoms with Crippen LogP contribution in [0.25, 0.3) is 0 Å². The van der Waals surface area contributed by atoms with Gasteiger partial charge in [0, 0.05) is 72.9 Å². The minimum atomic E-state index is -0.585. The first kappa shape index (κ1) is 82.6. The SMILES string of the molecule is CC(C)c1ccc2c(c1)C1OCCOC1C(c1cccc(C#N)c1)N2.CC(C)c1ccc2c(c1)C1OCCOC1C(c1ccccc1Cl)N2.CC(C)c1ccc2c(c1)C1OCOC1C(c1ccccc1)N2.CC(C)c1ccc2c(c1)C1OCOC1C(c1ccsc1)N2.CCC(C)c1ccc2c(c1)C1OCCOC1C(c1ccc(F)cc1F)N2. The lowest BCUT2D eigenvalue weighted by molar-refractivity contribution is -0.151. The van der Waals surface area contributed by atoms with E-state index >= 15 is 0 Å². The van der Waals surface area contributed by atoms with Crippen molar-refractivity contribution in [2.45, 2.75) is 196 Å². The molecule has 16 unspecified atom stereocenters. The minimum Gasteiger partial charge on any atom is -0.375 e. The molecule has 616 valence electrons. The number of nitrogens with one attached hydrogen (secondary N) is 5. The van der Waals surface area contributed by atoms with E-state index in [-0.39, 0.29) is 85.2 Å².